The number of likely N-dealkylation sites (N-methyl/N-ethyl adjacent to an activating group) is 1. The fourth-order valence-electron chi connectivity index (χ4n) is 3.17. The Bertz CT molecular complexity index is 1060. The second kappa shape index (κ2) is 11.2. The zero-order valence-electron chi connectivity index (χ0n) is 17.8. The molecule has 0 aliphatic carbocycles. The molecule has 11 heteroatoms. The SMILES string of the molecule is CC[C@@H](C(=O)NC)N(Cc1ccc(Cl)cc1)C(=O)CN(c1cc(Cl)cc(Cl)c1)S(C)(=O)=O. The average molecular weight is 521 g/mol. The second-order valence-electron chi connectivity index (χ2n) is 7.08. The molecule has 0 aromatic heterocycles. The van der Waals surface area contributed by atoms with Crippen LogP contribution in [-0.4, -0.2) is 51.0 Å². The molecule has 2 amide bonds. The highest BCUT2D eigenvalue weighted by atomic mass is 35.5. The second-order valence-corrected chi connectivity index (χ2v) is 10.3. The Morgan fingerprint density at radius 2 is 1.56 bits per heavy atom. The molecule has 0 saturated carbocycles. The minimum atomic E-state index is -3.87. The largest absolute Gasteiger partial charge is 0.357 e. The molecule has 0 spiro atoms. The van der Waals surface area contributed by atoms with Gasteiger partial charge in [-0.3, -0.25) is 13.9 Å². The zero-order valence-corrected chi connectivity index (χ0v) is 20.9. The number of halogens is 3. The van der Waals surface area contributed by atoms with Crippen LogP contribution in [0.1, 0.15) is 18.9 Å². The highest BCUT2D eigenvalue weighted by Crippen LogP contribution is 2.27. The molecule has 0 fully saturated rings. The topological polar surface area (TPSA) is 86.8 Å². The van der Waals surface area contributed by atoms with Crippen molar-refractivity contribution in [3.05, 3.63) is 63.1 Å². The number of carbonyl (C=O) groups excluding carboxylic acids is 2. The number of nitrogens with one attached hydrogen (secondary N) is 1. The number of nitrogens with zero attached hydrogens (tertiary/aromatic N) is 2. The first-order valence-electron chi connectivity index (χ1n) is 9.65. The lowest BCUT2D eigenvalue weighted by molar-refractivity contribution is -0.140. The van der Waals surface area contributed by atoms with Crippen molar-refractivity contribution in [2.45, 2.75) is 25.9 Å². The molecule has 7 nitrogen and oxygen atoms in total. The monoisotopic (exact) mass is 519 g/mol. The van der Waals surface area contributed by atoms with Gasteiger partial charge >= 0.3 is 0 Å². The van der Waals surface area contributed by atoms with Gasteiger partial charge in [0, 0.05) is 28.7 Å². The predicted molar refractivity (Wildman–Crippen MR) is 129 cm³/mol. The fourth-order valence-corrected chi connectivity index (χ4v) is 4.64. The first-order valence-corrected chi connectivity index (χ1v) is 12.6. The van der Waals surface area contributed by atoms with Crippen molar-refractivity contribution in [2.24, 2.45) is 0 Å². The van der Waals surface area contributed by atoms with Gasteiger partial charge in [-0.2, -0.15) is 0 Å². The quantitative estimate of drug-likeness (QED) is 0.542. The van der Waals surface area contributed by atoms with Crippen LogP contribution in [0.25, 0.3) is 0 Å². The van der Waals surface area contributed by atoms with E-state index in [2.05, 4.69) is 5.32 Å². The van der Waals surface area contributed by atoms with Crippen LogP contribution in [0.3, 0.4) is 0 Å². The van der Waals surface area contributed by atoms with Crippen molar-refractivity contribution >= 4 is 62.3 Å². The van der Waals surface area contributed by atoms with E-state index in [4.69, 9.17) is 34.8 Å². The summed E-state index contributed by atoms with van der Waals surface area (Å²) in [6, 6.07) is 10.3. The van der Waals surface area contributed by atoms with E-state index in [0.717, 1.165) is 16.1 Å². The molecule has 2 rings (SSSR count). The molecular formula is C21H24Cl3N3O4S. The van der Waals surface area contributed by atoms with Crippen LogP contribution in [0.15, 0.2) is 42.5 Å². The molecule has 0 radical (unpaired) electrons. The Morgan fingerprint density at radius 3 is 2.03 bits per heavy atom. The van der Waals surface area contributed by atoms with E-state index in [0.29, 0.717) is 11.4 Å². The molecule has 0 unspecified atom stereocenters. The molecule has 1 atom stereocenters. The summed E-state index contributed by atoms with van der Waals surface area (Å²) in [7, 11) is -2.39. The van der Waals surface area contributed by atoms with Gasteiger partial charge in [-0.25, -0.2) is 8.42 Å². The average Bonchev–Trinajstić information content (AvgIpc) is 2.71. The van der Waals surface area contributed by atoms with Gasteiger partial charge in [-0.15, -0.1) is 0 Å². The molecule has 0 saturated heterocycles. The van der Waals surface area contributed by atoms with E-state index >= 15 is 0 Å². The van der Waals surface area contributed by atoms with Crippen LogP contribution >= 0.6 is 34.8 Å². The Morgan fingerprint density at radius 1 is 1.00 bits per heavy atom. The third-order valence-corrected chi connectivity index (χ3v) is 6.54. The van der Waals surface area contributed by atoms with E-state index in [1.54, 1.807) is 31.2 Å². The van der Waals surface area contributed by atoms with Crippen molar-refractivity contribution < 1.29 is 18.0 Å². The van der Waals surface area contributed by atoms with Gasteiger partial charge in [-0.05, 0) is 42.3 Å². The molecule has 0 heterocycles. The zero-order chi connectivity index (χ0) is 24.1. The summed E-state index contributed by atoms with van der Waals surface area (Å²) in [5, 5.41) is 3.54. The van der Waals surface area contributed by atoms with Gasteiger partial charge in [0.2, 0.25) is 21.8 Å². The lowest BCUT2D eigenvalue weighted by Crippen LogP contribution is -2.51. The van der Waals surface area contributed by atoms with Crippen molar-refractivity contribution in [3.8, 4) is 0 Å². The molecule has 2 aromatic rings. The van der Waals surface area contributed by atoms with Gasteiger partial charge in [0.05, 0.1) is 11.9 Å². The lowest BCUT2D eigenvalue weighted by atomic mass is 10.1. The minimum Gasteiger partial charge on any atom is -0.357 e. The summed E-state index contributed by atoms with van der Waals surface area (Å²) in [6.07, 6.45) is 1.32. The van der Waals surface area contributed by atoms with Crippen LogP contribution < -0.4 is 9.62 Å². The first kappa shape index (κ1) is 26.3. The van der Waals surface area contributed by atoms with Crippen LogP contribution in [0, 0.1) is 0 Å². The Hall–Kier alpha value is -2.00. The number of amides is 2. The molecule has 1 N–H and O–H groups in total. The number of rotatable bonds is 9. The molecular weight excluding hydrogens is 497 g/mol. The summed E-state index contributed by atoms with van der Waals surface area (Å²) >= 11 is 18.0. The van der Waals surface area contributed by atoms with Crippen LogP contribution in [-0.2, 0) is 26.2 Å². The number of hydrogen-bond donors (Lipinski definition) is 1. The number of anilines is 1. The molecule has 0 aliphatic rings. The van der Waals surface area contributed by atoms with Crippen LogP contribution in [0.5, 0.6) is 0 Å². The maximum Gasteiger partial charge on any atom is 0.244 e. The van der Waals surface area contributed by atoms with Gasteiger partial charge < -0.3 is 10.2 Å². The van der Waals surface area contributed by atoms with Crippen molar-refractivity contribution in [1.82, 2.24) is 10.2 Å². The molecule has 32 heavy (non-hydrogen) atoms. The first-order chi connectivity index (χ1) is 15.0. The van der Waals surface area contributed by atoms with E-state index < -0.39 is 28.5 Å². The number of benzene rings is 2. The molecule has 0 aliphatic heterocycles. The highest BCUT2D eigenvalue weighted by molar-refractivity contribution is 7.92. The maximum atomic E-state index is 13.4. The minimum absolute atomic E-state index is 0.0931. The van der Waals surface area contributed by atoms with Crippen molar-refractivity contribution in [1.29, 1.82) is 0 Å². The maximum absolute atomic E-state index is 13.4. The Kier molecular flexibility index (Phi) is 9.21. The summed E-state index contributed by atoms with van der Waals surface area (Å²) in [5.74, 6) is -0.913. The van der Waals surface area contributed by atoms with Crippen LogP contribution in [0.2, 0.25) is 15.1 Å². The third-order valence-electron chi connectivity index (χ3n) is 4.71. The van der Waals surface area contributed by atoms with Gasteiger partial charge in [-0.1, -0.05) is 53.9 Å². The summed E-state index contributed by atoms with van der Waals surface area (Å²) in [5.41, 5.74) is 0.889. The van der Waals surface area contributed by atoms with Gasteiger partial charge in [0.15, 0.2) is 0 Å². The Labute approximate surface area is 203 Å². The number of sulfonamides is 1. The molecule has 2 aromatic carbocycles. The lowest BCUT2D eigenvalue weighted by Gasteiger charge is -2.32. The smallest absolute Gasteiger partial charge is 0.244 e. The highest BCUT2D eigenvalue weighted by Gasteiger charge is 2.31. The normalized spacial score (nSPS) is 12.2. The van der Waals surface area contributed by atoms with Gasteiger partial charge in [0.25, 0.3) is 0 Å². The van der Waals surface area contributed by atoms with Crippen molar-refractivity contribution in [3.63, 3.8) is 0 Å². The standard InChI is InChI=1S/C21H24Cl3N3O4S/c1-4-19(21(29)25-2)26(12-14-5-7-15(22)8-6-14)20(28)13-27(32(3,30)31)18-10-16(23)9-17(24)11-18/h5-11,19H,4,12-13H2,1-3H3,(H,25,29)/t19-/m0/s1. The van der Waals surface area contributed by atoms with Crippen molar-refractivity contribution in [2.75, 3.05) is 24.2 Å². The summed E-state index contributed by atoms with van der Waals surface area (Å²) in [6.45, 7) is 1.33. The van der Waals surface area contributed by atoms with Crippen LogP contribution in [0.4, 0.5) is 5.69 Å². The van der Waals surface area contributed by atoms with Gasteiger partial charge in [0.1, 0.15) is 12.6 Å². The Balaban J connectivity index is 2.45. The number of hydrogen-bond acceptors (Lipinski definition) is 4. The van der Waals surface area contributed by atoms with E-state index in [9.17, 15) is 18.0 Å². The fraction of sp³-hybridized carbons (Fsp3) is 0.333. The summed E-state index contributed by atoms with van der Waals surface area (Å²) < 4.78 is 25.9. The predicted octanol–water partition coefficient (Wildman–Crippen LogP) is 3.97. The molecule has 0 bridgehead atoms. The summed E-state index contributed by atoms with van der Waals surface area (Å²) in [4.78, 5) is 27.2. The molecule has 174 valence electrons. The van der Waals surface area contributed by atoms with E-state index in [-0.39, 0.29) is 28.2 Å². The third kappa shape index (κ3) is 7.00. The van der Waals surface area contributed by atoms with E-state index in [1.165, 1.54) is 30.1 Å². The number of carbonyl (C=O) groups is 2. The van der Waals surface area contributed by atoms with E-state index in [1.807, 2.05) is 0 Å².